The lowest BCUT2D eigenvalue weighted by Crippen LogP contribution is -2.07. The van der Waals surface area contributed by atoms with Crippen LogP contribution in [0.5, 0.6) is 0 Å². The van der Waals surface area contributed by atoms with Crippen molar-refractivity contribution in [2.75, 3.05) is 0 Å². The monoisotopic (exact) mass is 262 g/mol. The van der Waals surface area contributed by atoms with Gasteiger partial charge in [0.1, 0.15) is 0 Å². The fourth-order valence-corrected chi connectivity index (χ4v) is 2.86. The molecule has 1 atom stereocenters. The summed E-state index contributed by atoms with van der Waals surface area (Å²) in [7, 11) is 0. The average molecular weight is 262 g/mol. The van der Waals surface area contributed by atoms with E-state index in [1.165, 1.54) is 11.1 Å². The molecule has 3 rings (SSSR count). The van der Waals surface area contributed by atoms with E-state index in [2.05, 4.69) is 36.4 Å². The molecule has 0 radical (unpaired) electrons. The number of hydrogen-bond acceptors (Lipinski definition) is 1. The van der Waals surface area contributed by atoms with Gasteiger partial charge >= 0.3 is 0 Å². The van der Waals surface area contributed by atoms with Crippen molar-refractivity contribution in [3.8, 4) is 11.1 Å². The third kappa shape index (κ3) is 2.32. The molecule has 0 saturated carbocycles. The largest absolute Gasteiger partial charge is 0.294 e. The van der Waals surface area contributed by atoms with E-state index in [9.17, 15) is 4.79 Å². The van der Waals surface area contributed by atoms with Crippen LogP contribution in [-0.4, -0.2) is 5.78 Å². The van der Waals surface area contributed by atoms with Crippen LogP contribution in [0.3, 0.4) is 0 Å². The molecule has 2 aromatic carbocycles. The molecule has 1 nitrogen and oxygen atoms in total. The van der Waals surface area contributed by atoms with Crippen LogP contribution in [0.1, 0.15) is 29.3 Å². The average Bonchev–Trinajstić information content (AvgIpc) is 2.82. The molecule has 0 fully saturated rings. The van der Waals surface area contributed by atoms with Gasteiger partial charge in [0, 0.05) is 11.5 Å². The number of ketones is 1. The minimum Gasteiger partial charge on any atom is -0.294 e. The SMILES string of the molecule is C/C=C/CC1Cc2ccc(-c3ccccc3)cc2C1=O. The van der Waals surface area contributed by atoms with E-state index in [0.717, 1.165) is 24.0 Å². The third-order valence-electron chi connectivity index (χ3n) is 3.98. The first-order valence-corrected chi connectivity index (χ1v) is 7.13. The number of fused-ring (bicyclic) bond motifs is 1. The summed E-state index contributed by atoms with van der Waals surface area (Å²) in [5.74, 6) is 0.433. The summed E-state index contributed by atoms with van der Waals surface area (Å²) in [6.07, 6.45) is 5.84. The van der Waals surface area contributed by atoms with Crippen molar-refractivity contribution in [3.05, 3.63) is 71.8 Å². The van der Waals surface area contributed by atoms with Crippen molar-refractivity contribution in [3.63, 3.8) is 0 Å². The quantitative estimate of drug-likeness (QED) is 0.734. The number of allylic oxidation sites excluding steroid dienone is 2. The molecule has 0 aliphatic heterocycles. The molecule has 0 bridgehead atoms. The van der Waals surface area contributed by atoms with Crippen molar-refractivity contribution in [1.29, 1.82) is 0 Å². The van der Waals surface area contributed by atoms with Gasteiger partial charge in [-0.25, -0.2) is 0 Å². The molecule has 20 heavy (non-hydrogen) atoms. The maximum absolute atomic E-state index is 12.5. The van der Waals surface area contributed by atoms with Gasteiger partial charge in [0.25, 0.3) is 0 Å². The summed E-state index contributed by atoms with van der Waals surface area (Å²) in [6.45, 7) is 2.00. The molecule has 100 valence electrons. The second-order valence-electron chi connectivity index (χ2n) is 5.31. The lowest BCUT2D eigenvalue weighted by molar-refractivity contribution is 0.0938. The topological polar surface area (TPSA) is 17.1 Å². The number of hydrogen-bond donors (Lipinski definition) is 0. The van der Waals surface area contributed by atoms with E-state index in [1.807, 2.05) is 31.2 Å². The Kier molecular flexibility index (Phi) is 3.51. The number of Topliss-reactive ketones (excluding diaryl/α,β-unsaturated/α-hetero) is 1. The summed E-state index contributed by atoms with van der Waals surface area (Å²) in [5, 5.41) is 0. The third-order valence-corrected chi connectivity index (χ3v) is 3.98. The van der Waals surface area contributed by atoms with Gasteiger partial charge in [-0.3, -0.25) is 4.79 Å². The Balaban J connectivity index is 1.93. The standard InChI is InChI=1S/C19H18O/c1-2-3-7-17-12-16-11-10-15(13-18(16)19(17)20)14-8-5-4-6-9-14/h2-6,8-11,13,17H,7,12H2,1H3/b3-2+. The Morgan fingerprint density at radius 2 is 1.90 bits per heavy atom. The summed E-state index contributed by atoms with van der Waals surface area (Å²) in [4.78, 5) is 12.5. The highest BCUT2D eigenvalue weighted by Crippen LogP contribution is 2.32. The van der Waals surface area contributed by atoms with Crippen molar-refractivity contribution < 1.29 is 4.79 Å². The van der Waals surface area contributed by atoms with Crippen LogP contribution in [0.15, 0.2) is 60.7 Å². The van der Waals surface area contributed by atoms with Crippen LogP contribution in [0, 0.1) is 5.92 Å². The second-order valence-corrected chi connectivity index (χ2v) is 5.31. The van der Waals surface area contributed by atoms with Gasteiger partial charge in [-0.15, -0.1) is 0 Å². The maximum atomic E-state index is 12.5. The molecule has 0 amide bonds. The summed E-state index contributed by atoms with van der Waals surface area (Å²) in [6, 6.07) is 16.5. The molecule has 0 saturated heterocycles. The summed E-state index contributed by atoms with van der Waals surface area (Å²) >= 11 is 0. The fraction of sp³-hybridized carbons (Fsp3) is 0.211. The van der Waals surface area contributed by atoms with Crippen LogP contribution >= 0.6 is 0 Å². The molecule has 0 heterocycles. The highest BCUT2D eigenvalue weighted by atomic mass is 16.1. The van der Waals surface area contributed by atoms with Crippen LogP contribution in [-0.2, 0) is 6.42 Å². The van der Waals surface area contributed by atoms with Gasteiger partial charge in [-0.1, -0.05) is 54.6 Å². The van der Waals surface area contributed by atoms with Crippen LogP contribution in [0.2, 0.25) is 0 Å². The van der Waals surface area contributed by atoms with Gasteiger partial charge in [0.15, 0.2) is 5.78 Å². The first-order valence-electron chi connectivity index (χ1n) is 7.13. The van der Waals surface area contributed by atoms with Gasteiger partial charge in [-0.05, 0) is 42.5 Å². The molecule has 1 aliphatic rings. The van der Waals surface area contributed by atoms with Crippen molar-refractivity contribution in [2.45, 2.75) is 19.8 Å². The van der Waals surface area contributed by atoms with E-state index in [0.29, 0.717) is 5.78 Å². The van der Waals surface area contributed by atoms with E-state index in [-0.39, 0.29) is 5.92 Å². The molecule has 1 heteroatoms. The Labute approximate surface area is 120 Å². The van der Waals surface area contributed by atoms with Crippen molar-refractivity contribution in [1.82, 2.24) is 0 Å². The Hall–Kier alpha value is -2.15. The first-order chi connectivity index (χ1) is 9.79. The minimum atomic E-state index is 0.132. The Bertz CT molecular complexity index is 653. The molecule has 1 aliphatic carbocycles. The lowest BCUT2D eigenvalue weighted by Gasteiger charge is -2.04. The number of carbonyl (C=O) groups excluding carboxylic acids is 1. The molecule has 0 N–H and O–H groups in total. The van der Waals surface area contributed by atoms with Gasteiger partial charge in [-0.2, -0.15) is 0 Å². The maximum Gasteiger partial charge on any atom is 0.166 e. The minimum absolute atomic E-state index is 0.132. The predicted octanol–water partition coefficient (Wildman–Crippen LogP) is 4.67. The Morgan fingerprint density at radius 3 is 2.65 bits per heavy atom. The fourth-order valence-electron chi connectivity index (χ4n) is 2.86. The Morgan fingerprint density at radius 1 is 1.10 bits per heavy atom. The van der Waals surface area contributed by atoms with E-state index in [4.69, 9.17) is 0 Å². The van der Waals surface area contributed by atoms with Crippen LogP contribution < -0.4 is 0 Å². The summed E-state index contributed by atoms with van der Waals surface area (Å²) < 4.78 is 0. The van der Waals surface area contributed by atoms with E-state index in [1.54, 1.807) is 0 Å². The zero-order chi connectivity index (χ0) is 13.9. The van der Waals surface area contributed by atoms with Crippen molar-refractivity contribution >= 4 is 5.78 Å². The van der Waals surface area contributed by atoms with Gasteiger partial charge < -0.3 is 0 Å². The molecule has 2 aromatic rings. The number of carbonyl (C=O) groups is 1. The zero-order valence-electron chi connectivity index (χ0n) is 11.7. The number of benzene rings is 2. The number of rotatable bonds is 3. The predicted molar refractivity (Wildman–Crippen MR) is 82.8 cm³/mol. The van der Waals surface area contributed by atoms with E-state index >= 15 is 0 Å². The molecular weight excluding hydrogens is 244 g/mol. The molecular formula is C19H18O. The summed E-state index contributed by atoms with van der Waals surface area (Å²) in [5.41, 5.74) is 4.41. The normalized spacial score (nSPS) is 17.6. The zero-order valence-corrected chi connectivity index (χ0v) is 11.7. The second kappa shape index (κ2) is 5.46. The van der Waals surface area contributed by atoms with Gasteiger partial charge in [0.2, 0.25) is 0 Å². The smallest absolute Gasteiger partial charge is 0.166 e. The van der Waals surface area contributed by atoms with E-state index < -0.39 is 0 Å². The highest BCUT2D eigenvalue weighted by Gasteiger charge is 2.29. The molecule has 0 aromatic heterocycles. The molecule has 0 spiro atoms. The van der Waals surface area contributed by atoms with Crippen molar-refractivity contribution in [2.24, 2.45) is 5.92 Å². The van der Waals surface area contributed by atoms with Gasteiger partial charge in [0.05, 0.1) is 0 Å². The van der Waals surface area contributed by atoms with Crippen LogP contribution in [0.4, 0.5) is 0 Å². The highest BCUT2D eigenvalue weighted by molar-refractivity contribution is 6.03. The van der Waals surface area contributed by atoms with Crippen LogP contribution in [0.25, 0.3) is 11.1 Å². The molecule has 1 unspecified atom stereocenters. The lowest BCUT2D eigenvalue weighted by atomic mass is 9.99. The first kappa shape index (κ1) is 12.9.